The molecule has 0 radical (unpaired) electrons. The maximum Gasteiger partial charge on any atom is 0.155 e. The Kier molecular flexibility index (Phi) is 5.41. The third-order valence-electron chi connectivity index (χ3n) is 4.23. The van der Waals surface area contributed by atoms with Crippen LogP contribution >= 0.6 is 23.4 Å². The molecule has 1 aromatic rings. The van der Waals surface area contributed by atoms with E-state index >= 15 is 0 Å². The Morgan fingerprint density at radius 3 is 2.67 bits per heavy atom. The van der Waals surface area contributed by atoms with Crippen molar-refractivity contribution in [3.8, 4) is 0 Å². The van der Waals surface area contributed by atoms with Crippen molar-refractivity contribution in [2.75, 3.05) is 19.3 Å². The fourth-order valence-electron chi connectivity index (χ4n) is 2.75. The van der Waals surface area contributed by atoms with Crippen LogP contribution in [0.25, 0.3) is 0 Å². The standard InChI is InChI=1S/C15H22ClN3OS/c1-11-3-4-12(13(16)9-11)10-19-7-5-15(21-2,6-8-19)14(17)18-20/h3-4,9,20H,5-8,10H2,1-2H3,(H2,17,18). The van der Waals surface area contributed by atoms with Crippen LogP contribution in [0.1, 0.15) is 24.0 Å². The molecule has 0 saturated carbocycles. The lowest BCUT2D eigenvalue weighted by Crippen LogP contribution is -2.49. The van der Waals surface area contributed by atoms with Gasteiger partial charge in [-0.2, -0.15) is 11.8 Å². The number of hydrogen-bond acceptors (Lipinski definition) is 4. The van der Waals surface area contributed by atoms with Crippen LogP contribution in [0.4, 0.5) is 0 Å². The molecule has 1 heterocycles. The molecule has 1 saturated heterocycles. The van der Waals surface area contributed by atoms with Gasteiger partial charge in [0, 0.05) is 24.7 Å². The molecule has 21 heavy (non-hydrogen) atoms. The van der Waals surface area contributed by atoms with E-state index in [1.54, 1.807) is 11.8 Å². The van der Waals surface area contributed by atoms with Crippen molar-refractivity contribution in [2.45, 2.75) is 31.1 Å². The van der Waals surface area contributed by atoms with Gasteiger partial charge in [-0.1, -0.05) is 28.9 Å². The molecule has 1 aliphatic rings. The van der Waals surface area contributed by atoms with E-state index in [9.17, 15) is 0 Å². The van der Waals surface area contributed by atoms with Gasteiger partial charge < -0.3 is 10.9 Å². The average Bonchev–Trinajstić information content (AvgIpc) is 2.50. The summed E-state index contributed by atoms with van der Waals surface area (Å²) in [5, 5.41) is 13.0. The molecule has 0 spiro atoms. The van der Waals surface area contributed by atoms with Gasteiger partial charge in [0.1, 0.15) is 0 Å². The number of amidine groups is 1. The number of nitrogens with zero attached hydrogens (tertiary/aromatic N) is 2. The lowest BCUT2D eigenvalue weighted by Gasteiger charge is -2.39. The van der Waals surface area contributed by atoms with Crippen molar-refractivity contribution in [2.24, 2.45) is 10.9 Å². The second-order valence-electron chi connectivity index (χ2n) is 5.55. The highest BCUT2D eigenvalue weighted by molar-refractivity contribution is 8.00. The van der Waals surface area contributed by atoms with Gasteiger partial charge in [-0.15, -0.1) is 0 Å². The summed E-state index contributed by atoms with van der Waals surface area (Å²) < 4.78 is -0.234. The van der Waals surface area contributed by atoms with Gasteiger partial charge in [-0.3, -0.25) is 4.90 Å². The first-order valence-electron chi connectivity index (χ1n) is 7.01. The Morgan fingerprint density at radius 1 is 1.48 bits per heavy atom. The van der Waals surface area contributed by atoms with Crippen molar-refractivity contribution in [3.05, 3.63) is 34.3 Å². The molecule has 6 heteroatoms. The van der Waals surface area contributed by atoms with E-state index in [0.29, 0.717) is 5.84 Å². The maximum atomic E-state index is 8.97. The minimum Gasteiger partial charge on any atom is -0.409 e. The summed E-state index contributed by atoms with van der Waals surface area (Å²) >= 11 is 7.97. The van der Waals surface area contributed by atoms with Gasteiger partial charge in [0.2, 0.25) is 0 Å². The van der Waals surface area contributed by atoms with Crippen LogP contribution in [-0.2, 0) is 6.54 Å². The van der Waals surface area contributed by atoms with E-state index in [-0.39, 0.29) is 4.75 Å². The SMILES string of the molecule is CSC1(/C(N)=N/O)CCN(Cc2ccc(C)cc2Cl)CC1. The van der Waals surface area contributed by atoms with Gasteiger partial charge in [0.15, 0.2) is 5.84 Å². The van der Waals surface area contributed by atoms with E-state index in [1.807, 2.05) is 19.2 Å². The fraction of sp³-hybridized carbons (Fsp3) is 0.533. The molecule has 4 nitrogen and oxygen atoms in total. The molecule has 0 amide bonds. The van der Waals surface area contributed by atoms with Gasteiger partial charge in [0.05, 0.1) is 4.75 Å². The zero-order chi connectivity index (χ0) is 15.5. The number of benzene rings is 1. The lowest BCUT2D eigenvalue weighted by atomic mass is 9.94. The van der Waals surface area contributed by atoms with E-state index in [2.05, 4.69) is 22.2 Å². The summed E-state index contributed by atoms with van der Waals surface area (Å²) in [7, 11) is 0. The predicted molar refractivity (Wildman–Crippen MR) is 90.4 cm³/mol. The summed E-state index contributed by atoms with van der Waals surface area (Å²) in [4.78, 5) is 2.37. The smallest absolute Gasteiger partial charge is 0.155 e. The van der Waals surface area contributed by atoms with Gasteiger partial charge >= 0.3 is 0 Å². The minimum absolute atomic E-state index is 0.234. The zero-order valence-corrected chi connectivity index (χ0v) is 14.0. The normalized spacial score (nSPS) is 19.7. The monoisotopic (exact) mass is 327 g/mol. The highest BCUT2D eigenvalue weighted by Crippen LogP contribution is 2.35. The maximum absolute atomic E-state index is 8.97. The zero-order valence-electron chi connectivity index (χ0n) is 12.5. The van der Waals surface area contributed by atoms with Crippen molar-refractivity contribution >= 4 is 29.2 Å². The molecule has 0 aromatic heterocycles. The Morgan fingerprint density at radius 2 is 2.14 bits per heavy atom. The Labute approximate surface area is 135 Å². The summed E-state index contributed by atoms with van der Waals surface area (Å²) in [5.41, 5.74) is 8.20. The van der Waals surface area contributed by atoms with Crippen LogP contribution in [0.3, 0.4) is 0 Å². The van der Waals surface area contributed by atoms with Crippen LogP contribution in [0.15, 0.2) is 23.4 Å². The number of aryl methyl sites for hydroxylation is 1. The Bertz CT molecular complexity index is 528. The highest BCUT2D eigenvalue weighted by atomic mass is 35.5. The van der Waals surface area contributed by atoms with Crippen LogP contribution in [0.2, 0.25) is 5.02 Å². The second kappa shape index (κ2) is 6.90. The first kappa shape index (κ1) is 16.5. The predicted octanol–water partition coefficient (Wildman–Crippen LogP) is 3.09. The Balaban J connectivity index is 2.01. The fourth-order valence-corrected chi connectivity index (χ4v) is 3.89. The summed E-state index contributed by atoms with van der Waals surface area (Å²) in [6.45, 7) is 4.72. The van der Waals surface area contributed by atoms with Gasteiger partial charge in [-0.05, 0) is 43.2 Å². The average molecular weight is 328 g/mol. The molecule has 0 unspecified atom stereocenters. The molecule has 116 valence electrons. The number of halogens is 1. The molecule has 1 aliphatic heterocycles. The first-order valence-corrected chi connectivity index (χ1v) is 8.61. The summed E-state index contributed by atoms with van der Waals surface area (Å²) in [6.07, 6.45) is 3.78. The van der Waals surface area contributed by atoms with Gasteiger partial charge in [-0.25, -0.2) is 0 Å². The summed E-state index contributed by atoms with van der Waals surface area (Å²) in [6, 6.07) is 6.19. The number of oxime groups is 1. The molecule has 1 fully saturated rings. The van der Waals surface area contributed by atoms with Crippen molar-refractivity contribution in [1.82, 2.24) is 4.90 Å². The van der Waals surface area contributed by atoms with E-state index in [1.165, 1.54) is 5.56 Å². The van der Waals surface area contributed by atoms with Crippen LogP contribution in [-0.4, -0.2) is 40.0 Å². The lowest BCUT2D eigenvalue weighted by molar-refractivity contribution is 0.209. The quantitative estimate of drug-likeness (QED) is 0.386. The second-order valence-corrected chi connectivity index (χ2v) is 7.15. The topological polar surface area (TPSA) is 61.9 Å². The number of hydrogen-bond donors (Lipinski definition) is 2. The molecule has 0 aliphatic carbocycles. The number of likely N-dealkylation sites (tertiary alicyclic amines) is 1. The van der Waals surface area contributed by atoms with E-state index < -0.39 is 0 Å². The minimum atomic E-state index is -0.234. The third kappa shape index (κ3) is 3.65. The summed E-state index contributed by atoms with van der Waals surface area (Å²) in [5.74, 6) is 0.336. The molecule has 0 bridgehead atoms. The first-order chi connectivity index (χ1) is 10.0. The number of piperidine rings is 1. The molecule has 2 rings (SSSR count). The van der Waals surface area contributed by atoms with Crippen LogP contribution in [0.5, 0.6) is 0 Å². The van der Waals surface area contributed by atoms with E-state index in [4.69, 9.17) is 22.5 Å². The number of rotatable bonds is 4. The van der Waals surface area contributed by atoms with Crippen molar-refractivity contribution < 1.29 is 5.21 Å². The molecule has 3 N–H and O–H groups in total. The molecule has 0 atom stereocenters. The van der Waals surface area contributed by atoms with Crippen LogP contribution < -0.4 is 5.73 Å². The largest absolute Gasteiger partial charge is 0.409 e. The van der Waals surface area contributed by atoms with Crippen LogP contribution in [0, 0.1) is 6.92 Å². The molecule has 1 aromatic carbocycles. The highest BCUT2D eigenvalue weighted by Gasteiger charge is 2.38. The van der Waals surface area contributed by atoms with Gasteiger partial charge in [0.25, 0.3) is 0 Å². The van der Waals surface area contributed by atoms with Crippen molar-refractivity contribution in [1.29, 1.82) is 0 Å². The Hall–Kier alpha value is -0.910. The number of thioether (sulfide) groups is 1. The molecular weight excluding hydrogens is 306 g/mol. The van der Waals surface area contributed by atoms with E-state index in [0.717, 1.165) is 43.1 Å². The number of nitrogens with two attached hydrogens (primary N) is 1. The molecular formula is C15H22ClN3OS. The van der Waals surface area contributed by atoms with Crippen molar-refractivity contribution in [3.63, 3.8) is 0 Å². The third-order valence-corrected chi connectivity index (χ3v) is 5.98.